The summed E-state index contributed by atoms with van der Waals surface area (Å²) in [6, 6.07) is 14.9. The molecular formula is C23H24ClN3O3S. The molecule has 1 saturated heterocycles. The number of thioether (sulfide) groups is 1. The number of rotatable bonds is 8. The fourth-order valence-electron chi connectivity index (χ4n) is 3.59. The van der Waals surface area contributed by atoms with Gasteiger partial charge in [0.05, 0.1) is 29.3 Å². The van der Waals surface area contributed by atoms with Crippen LogP contribution >= 0.6 is 23.4 Å². The zero-order valence-electron chi connectivity index (χ0n) is 17.1. The number of nitrogens with one attached hydrogen (secondary N) is 1. The van der Waals surface area contributed by atoms with Gasteiger partial charge in [0.1, 0.15) is 0 Å². The number of carbonyl (C=O) groups excluding carboxylic acids is 1. The normalized spacial score (nSPS) is 16.0. The Bertz CT molecular complexity index is 1110. The van der Waals surface area contributed by atoms with Gasteiger partial charge in [0.2, 0.25) is 5.91 Å². The Balaban J connectivity index is 1.42. The predicted molar refractivity (Wildman–Crippen MR) is 124 cm³/mol. The third-order valence-corrected chi connectivity index (χ3v) is 6.45. The second kappa shape index (κ2) is 10.3. The largest absolute Gasteiger partial charge is 0.376 e. The van der Waals surface area contributed by atoms with E-state index in [1.165, 1.54) is 11.8 Å². The van der Waals surface area contributed by atoms with Gasteiger partial charge in [0, 0.05) is 18.2 Å². The molecule has 2 heterocycles. The second-order valence-electron chi connectivity index (χ2n) is 7.48. The van der Waals surface area contributed by atoms with Gasteiger partial charge < -0.3 is 10.1 Å². The van der Waals surface area contributed by atoms with Crippen molar-refractivity contribution in [1.82, 2.24) is 14.9 Å². The Morgan fingerprint density at radius 1 is 1.23 bits per heavy atom. The molecule has 2 aromatic carbocycles. The van der Waals surface area contributed by atoms with Gasteiger partial charge in [-0.25, -0.2) is 4.98 Å². The van der Waals surface area contributed by atoms with Crippen molar-refractivity contribution in [3.05, 3.63) is 69.5 Å². The molecule has 1 aliphatic rings. The van der Waals surface area contributed by atoms with E-state index in [4.69, 9.17) is 16.3 Å². The van der Waals surface area contributed by atoms with E-state index in [-0.39, 0.29) is 23.3 Å². The van der Waals surface area contributed by atoms with Crippen LogP contribution in [0.2, 0.25) is 5.02 Å². The van der Waals surface area contributed by atoms with Crippen LogP contribution in [-0.2, 0) is 22.5 Å². The Kier molecular flexibility index (Phi) is 7.27. The zero-order chi connectivity index (χ0) is 21.6. The Hall–Kier alpha value is -2.35. The van der Waals surface area contributed by atoms with Gasteiger partial charge in [-0.1, -0.05) is 47.6 Å². The lowest BCUT2D eigenvalue weighted by molar-refractivity contribution is -0.118. The first-order chi connectivity index (χ1) is 15.1. The quantitative estimate of drug-likeness (QED) is 0.412. The van der Waals surface area contributed by atoms with Gasteiger partial charge in [-0.3, -0.25) is 14.2 Å². The molecule has 0 aliphatic carbocycles. The van der Waals surface area contributed by atoms with Gasteiger partial charge in [-0.05, 0) is 49.1 Å². The fraction of sp³-hybridized carbons (Fsp3) is 0.348. The van der Waals surface area contributed by atoms with Crippen molar-refractivity contribution in [1.29, 1.82) is 0 Å². The smallest absolute Gasteiger partial charge is 0.262 e. The number of aromatic nitrogens is 2. The highest BCUT2D eigenvalue weighted by atomic mass is 35.5. The van der Waals surface area contributed by atoms with Crippen LogP contribution in [0.4, 0.5) is 0 Å². The molecule has 0 saturated carbocycles. The summed E-state index contributed by atoms with van der Waals surface area (Å²) in [5.74, 6) is 0.0988. The number of hydrogen-bond donors (Lipinski definition) is 1. The van der Waals surface area contributed by atoms with E-state index in [9.17, 15) is 9.59 Å². The van der Waals surface area contributed by atoms with Crippen LogP contribution in [0, 0.1) is 0 Å². The van der Waals surface area contributed by atoms with Crippen LogP contribution < -0.4 is 10.9 Å². The molecule has 1 unspecified atom stereocenters. The highest BCUT2D eigenvalue weighted by molar-refractivity contribution is 7.99. The molecular weight excluding hydrogens is 434 g/mol. The third kappa shape index (κ3) is 5.67. The SMILES string of the molecule is O=C(CSc1nc2ccccc2c(=O)n1CC1CCCO1)NCCc1ccc(Cl)cc1. The van der Waals surface area contributed by atoms with Crippen LogP contribution in [0.5, 0.6) is 0 Å². The summed E-state index contributed by atoms with van der Waals surface area (Å²) in [5, 5.41) is 4.75. The molecule has 0 bridgehead atoms. The minimum absolute atomic E-state index is 0.00761. The second-order valence-corrected chi connectivity index (χ2v) is 8.86. The van der Waals surface area contributed by atoms with Gasteiger partial charge in [-0.15, -0.1) is 0 Å². The van der Waals surface area contributed by atoms with E-state index >= 15 is 0 Å². The minimum atomic E-state index is -0.0926. The average Bonchev–Trinajstić information content (AvgIpc) is 3.29. The number of ether oxygens (including phenoxy) is 1. The van der Waals surface area contributed by atoms with E-state index in [0.29, 0.717) is 34.2 Å². The van der Waals surface area contributed by atoms with Crippen molar-refractivity contribution < 1.29 is 9.53 Å². The van der Waals surface area contributed by atoms with E-state index in [0.717, 1.165) is 31.4 Å². The predicted octanol–water partition coefficient (Wildman–Crippen LogP) is 3.68. The van der Waals surface area contributed by atoms with Crippen molar-refractivity contribution in [3.63, 3.8) is 0 Å². The van der Waals surface area contributed by atoms with Gasteiger partial charge in [0.25, 0.3) is 5.56 Å². The summed E-state index contributed by atoms with van der Waals surface area (Å²) in [6.45, 7) is 1.71. The van der Waals surface area contributed by atoms with Gasteiger partial charge in [-0.2, -0.15) is 0 Å². The molecule has 1 amide bonds. The molecule has 4 rings (SSSR count). The highest BCUT2D eigenvalue weighted by Gasteiger charge is 2.20. The van der Waals surface area contributed by atoms with Crippen LogP contribution in [0.1, 0.15) is 18.4 Å². The van der Waals surface area contributed by atoms with E-state index in [1.807, 2.05) is 42.5 Å². The molecule has 1 N–H and O–H groups in total. The molecule has 1 aliphatic heterocycles. The monoisotopic (exact) mass is 457 g/mol. The summed E-state index contributed by atoms with van der Waals surface area (Å²) < 4.78 is 7.38. The average molecular weight is 458 g/mol. The molecule has 1 atom stereocenters. The number of hydrogen-bond acceptors (Lipinski definition) is 5. The number of para-hydroxylation sites is 1. The van der Waals surface area contributed by atoms with E-state index < -0.39 is 0 Å². The number of halogens is 1. The summed E-state index contributed by atoms with van der Waals surface area (Å²) in [7, 11) is 0. The van der Waals surface area contributed by atoms with Crippen LogP contribution in [0.25, 0.3) is 10.9 Å². The molecule has 6 nitrogen and oxygen atoms in total. The van der Waals surface area contributed by atoms with E-state index in [2.05, 4.69) is 10.3 Å². The molecule has 8 heteroatoms. The molecule has 0 spiro atoms. The molecule has 3 aromatic rings. The molecule has 31 heavy (non-hydrogen) atoms. The third-order valence-electron chi connectivity index (χ3n) is 5.22. The molecule has 162 valence electrons. The minimum Gasteiger partial charge on any atom is -0.376 e. The number of nitrogens with zero attached hydrogens (tertiary/aromatic N) is 2. The van der Waals surface area contributed by atoms with Crippen molar-refractivity contribution in [2.24, 2.45) is 0 Å². The van der Waals surface area contributed by atoms with Gasteiger partial charge in [0.15, 0.2) is 5.16 Å². The first kappa shape index (κ1) is 21.9. The number of fused-ring (bicyclic) bond motifs is 1. The van der Waals surface area contributed by atoms with E-state index in [1.54, 1.807) is 10.6 Å². The standard InChI is InChI=1S/C23H24ClN3O3S/c24-17-9-7-16(8-10-17)11-12-25-21(28)15-31-23-26-20-6-2-1-5-19(20)22(29)27(23)14-18-4-3-13-30-18/h1-2,5-10,18H,3-4,11-15H2,(H,25,28). The Labute approximate surface area is 190 Å². The maximum Gasteiger partial charge on any atom is 0.262 e. The van der Waals surface area contributed by atoms with Crippen molar-refractivity contribution >= 4 is 40.2 Å². The maximum absolute atomic E-state index is 13.1. The topological polar surface area (TPSA) is 73.2 Å². The fourth-order valence-corrected chi connectivity index (χ4v) is 4.55. The molecule has 0 radical (unpaired) electrons. The lowest BCUT2D eigenvalue weighted by atomic mass is 10.1. The summed E-state index contributed by atoms with van der Waals surface area (Å²) >= 11 is 7.18. The van der Waals surface area contributed by atoms with Crippen molar-refractivity contribution in [2.45, 2.75) is 37.1 Å². The Morgan fingerprint density at radius 3 is 2.81 bits per heavy atom. The van der Waals surface area contributed by atoms with Crippen LogP contribution in [0.3, 0.4) is 0 Å². The lowest BCUT2D eigenvalue weighted by Crippen LogP contribution is -2.30. The summed E-state index contributed by atoms with van der Waals surface area (Å²) in [5.41, 5.74) is 1.66. The van der Waals surface area contributed by atoms with Crippen LogP contribution in [0.15, 0.2) is 58.5 Å². The number of amides is 1. The first-order valence-corrected chi connectivity index (χ1v) is 11.7. The number of carbonyl (C=O) groups is 1. The maximum atomic E-state index is 13.1. The summed E-state index contributed by atoms with van der Waals surface area (Å²) in [6.07, 6.45) is 2.66. The molecule has 1 aromatic heterocycles. The first-order valence-electron chi connectivity index (χ1n) is 10.4. The van der Waals surface area contributed by atoms with Gasteiger partial charge >= 0.3 is 0 Å². The lowest BCUT2D eigenvalue weighted by Gasteiger charge is -2.16. The van der Waals surface area contributed by atoms with Crippen LogP contribution in [-0.4, -0.2) is 40.5 Å². The summed E-state index contributed by atoms with van der Waals surface area (Å²) in [4.78, 5) is 30.1. The van der Waals surface area contributed by atoms with Crippen molar-refractivity contribution in [3.8, 4) is 0 Å². The highest BCUT2D eigenvalue weighted by Crippen LogP contribution is 2.21. The Morgan fingerprint density at radius 2 is 2.03 bits per heavy atom. The van der Waals surface area contributed by atoms with Crippen molar-refractivity contribution in [2.75, 3.05) is 18.9 Å². The molecule has 1 fully saturated rings. The number of benzene rings is 2. The zero-order valence-corrected chi connectivity index (χ0v) is 18.6.